The number of aliphatic hydroxyl groups is 1. The zero-order chi connectivity index (χ0) is 10.4. The van der Waals surface area contributed by atoms with Crippen molar-refractivity contribution in [1.29, 1.82) is 0 Å². The van der Waals surface area contributed by atoms with E-state index in [2.05, 4.69) is 0 Å². The third-order valence-electron chi connectivity index (χ3n) is 1.23. The van der Waals surface area contributed by atoms with E-state index in [1.807, 2.05) is 0 Å². The van der Waals surface area contributed by atoms with Gasteiger partial charge in [0.05, 0.1) is 0 Å². The summed E-state index contributed by atoms with van der Waals surface area (Å²) in [5.74, 6) is -3.11. The van der Waals surface area contributed by atoms with E-state index in [4.69, 9.17) is 10.2 Å². The van der Waals surface area contributed by atoms with Gasteiger partial charge in [-0.2, -0.15) is 8.78 Å². The van der Waals surface area contributed by atoms with Crippen molar-refractivity contribution in [2.45, 2.75) is 18.9 Å². The number of rotatable bonds is 5. The van der Waals surface area contributed by atoms with Gasteiger partial charge < -0.3 is 15.5 Å². The van der Waals surface area contributed by atoms with Crippen LogP contribution in [-0.2, 0) is 9.59 Å². The van der Waals surface area contributed by atoms with E-state index in [1.165, 1.54) is 0 Å². The van der Waals surface area contributed by atoms with Crippen LogP contribution in [0.5, 0.6) is 0 Å². The van der Waals surface area contributed by atoms with Gasteiger partial charge in [-0.1, -0.05) is 0 Å². The molecule has 0 rings (SSSR count). The van der Waals surface area contributed by atoms with E-state index in [1.54, 1.807) is 5.32 Å². The number of nitrogens with one attached hydrogen (secondary N) is 1. The van der Waals surface area contributed by atoms with Crippen LogP contribution in [0.1, 0.15) is 6.42 Å². The molecule has 0 aliphatic rings. The summed E-state index contributed by atoms with van der Waals surface area (Å²) in [5.41, 5.74) is 0. The first kappa shape index (κ1) is 11.8. The number of alkyl halides is 2. The van der Waals surface area contributed by atoms with Crippen molar-refractivity contribution in [3.05, 3.63) is 0 Å². The van der Waals surface area contributed by atoms with Crippen LogP contribution < -0.4 is 5.32 Å². The number of amides is 1. The van der Waals surface area contributed by atoms with Gasteiger partial charge in [0, 0.05) is 13.0 Å². The number of carbonyl (C=O) groups excluding carboxylic acids is 1. The van der Waals surface area contributed by atoms with Crippen molar-refractivity contribution in [1.82, 2.24) is 5.32 Å². The molecule has 0 aromatic heterocycles. The fourth-order valence-electron chi connectivity index (χ4n) is 0.621. The first-order chi connectivity index (χ1) is 5.99. The van der Waals surface area contributed by atoms with Gasteiger partial charge in [0.2, 0.25) is 0 Å². The largest absolute Gasteiger partial charge is 0.480 e. The first-order valence-electron chi connectivity index (χ1n) is 3.41. The smallest absolute Gasteiger partial charge is 0.326 e. The van der Waals surface area contributed by atoms with Crippen LogP contribution in [-0.4, -0.2) is 41.2 Å². The van der Waals surface area contributed by atoms with Gasteiger partial charge in [-0.05, 0) is 0 Å². The molecule has 0 aliphatic heterocycles. The Morgan fingerprint density at radius 1 is 1.38 bits per heavy atom. The lowest BCUT2D eigenvalue weighted by molar-refractivity contribution is -0.144. The van der Waals surface area contributed by atoms with Crippen LogP contribution >= 0.6 is 0 Å². The molecule has 0 aromatic rings. The van der Waals surface area contributed by atoms with Gasteiger partial charge >= 0.3 is 12.4 Å². The Labute approximate surface area is 72.4 Å². The quantitative estimate of drug-likeness (QED) is 0.538. The molecule has 0 saturated carbocycles. The molecule has 0 fully saturated rings. The number of carboxylic acid groups (broad SMARTS) is 1. The molecule has 0 spiro atoms. The van der Waals surface area contributed by atoms with E-state index >= 15 is 0 Å². The van der Waals surface area contributed by atoms with E-state index in [0.717, 1.165) is 0 Å². The molecule has 0 aromatic carbocycles. The molecule has 7 heteroatoms. The van der Waals surface area contributed by atoms with Crippen LogP contribution in [0.4, 0.5) is 8.78 Å². The lowest BCUT2D eigenvalue weighted by Crippen LogP contribution is -2.43. The molecule has 0 unspecified atom stereocenters. The van der Waals surface area contributed by atoms with Gasteiger partial charge in [0.1, 0.15) is 6.04 Å². The van der Waals surface area contributed by atoms with Gasteiger partial charge in [-0.3, -0.25) is 4.79 Å². The number of halogens is 2. The van der Waals surface area contributed by atoms with Gasteiger partial charge in [0.25, 0.3) is 5.91 Å². The van der Waals surface area contributed by atoms with Crippen molar-refractivity contribution in [2.75, 3.05) is 6.61 Å². The molecule has 0 radical (unpaired) electrons. The topological polar surface area (TPSA) is 86.6 Å². The Kier molecular flexibility index (Phi) is 4.90. The molecule has 0 aliphatic carbocycles. The molecule has 0 heterocycles. The van der Waals surface area contributed by atoms with E-state index in [-0.39, 0.29) is 6.42 Å². The number of aliphatic hydroxyl groups excluding tert-OH is 1. The average molecular weight is 197 g/mol. The normalized spacial score (nSPS) is 12.6. The predicted molar refractivity (Wildman–Crippen MR) is 37.3 cm³/mol. The monoisotopic (exact) mass is 197 g/mol. The van der Waals surface area contributed by atoms with Crippen molar-refractivity contribution in [3.8, 4) is 0 Å². The lowest BCUT2D eigenvalue weighted by Gasteiger charge is -2.12. The summed E-state index contributed by atoms with van der Waals surface area (Å²) in [5, 5.41) is 18.3. The lowest BCUT2D eigenvalue weighted by atomic mass is 10.2. The Balaban J connectivity index is 4.10. The number of carboxylic acids is 1. The van der Waals surface area contributed by atoms with Gasteiger partial charge in [-0.25, -0.2) is 4.79 Å². The molecule has 0 saturated heterocycles. The molecular weight excluding hydrogens is 188 g/mol. The summed E-state index contributed by atoms with van der Waals surface area (Å²) in [6.45, 7) is -0.500. The van der Waals surface area contributed by atoms with Crippen LogP contribution in [0.25, 0.3) is 0 Å². The Hall–Kier alpha value is -1.24. The average Bonchev–Trinajstić information content (AvgIpc) is 2.03. The number of aliphatic carboxylic acids is 1. The molecule has 1 atom stereocenters. The summed E-state index contributed by atoms with van der Waals surface area (Å²) in [6, 6.07) is -1.47. The number of hydrogen-bond donors (Lipinski definition) is 3. The SMILES string of the molecule is O=C(N[C@H](CCO)C(=O)O)C(F)F. The standard InChI is InChI=1S/C6H9F2NO4/c7-4(8)5(11)9-3(1-2-10)6(12)13/h3-4,10H,1-2H2,(H,9,11)(H,12,13)/t3-/m1/s1. The fraction of sp³-hybridized carbons (Fsp3) is 0.667. The Morgan fingerprint density at radius 2 is 1.92 bits per heavy atom. The zero-order valence-corrected chi connectivity index (χ0v) is 6.54. The first-order valence-corrected chi connectivity index (χ1v) is 3.41. The van der Waals surface area contributed by atoms with Crippen molar-refractivity contribution in [2.24, 2.45) is 0 Å². The van der Waals surface area contributed by atoms with E-state index in [0.29, 0.717) is 0 Å². The summed E-state index contributed by atoms with van der Waals surface area (Å²) >= 11 is 0. The second-order valence-electron chi connectivity index (χ2n) is 2.21. The highest BCUT2D eigenvalue weighted by molar-refractivity contribution is 5.85. The van der Waals surface area contributed by atoms with Crippen LogP contribution in [0, 0.1) is 0 Å². The molecule has 76 valence electrons. The van der Waals surface area contributed by atoms with E-state index < -0.39 is 31.0 Å². The van der Waals surface area contributed by atoms with Crippen LogP contribution in [0.3, 0.4) is 0 Å². The fourth-order valence-corrected chi connectivity index (χ4v) is 0.621. The Morgan fingerprint density at radius 3 is 2.23 bits per heavy atom. The summed E-state index contributed by atoms with van der Waals surface area (Å²) in [7, 11) is 0. The van der Waals surface area contributed by atoms with Crippen molar-refractivity contribution in [3.63, 3.8) is 0 Å². The molecular formula is C6H9F2NO4. The van der Waals surface area contributed by atoms with E-state index in [9.17, 15) is 18.4 Å². The van der Waals surface area contributed by atoms with Gasteiger partial charge in [0.15, 0.2) is 0 Å². The highest BCUT2D eigenvalue weighted by Crippen LogP contribution is 1.96. The third kappa shape index (κ3) is 4.36. The maximum absolute atomic E-state index is 11.6. The minimum Gasteiger partial charge on any atom is -0.480 e. The second-order valence-corrected chi connectivity index (χ2v) is 2.21. The van der Waals surface area contributed by atoms with Gasteiger partial charge in [-0.15, -0.1) is 0 Å². The summed E-state index contributed by atoms with van der Waals surface area (Å²) in [4.78, 5) is 20.6. The minimum absolute atomic E-state index is 0.298. The number of hydrogen-bond acceptors (Lipinski definition) is 3. The number of carbonyl (C=O) groups is 2. The summed E-state index contributed by atoms with van der Waals surface area (Å²) < 4.78 is 23.2. The van der Waals surface area contributed by atoms with Crippen LogP contribution in [0.2, 0.25) is 0 Å². The molecule has 3 N–H and O–H groups in total. The molecule has 1 amide bonds. The maximum Gasteiger partial charge on any atom is 0.326 e. The highest BCUT2D eigenvalue weighted by atomic mass is 19.3. The van der Waals surface area contributed by atoms with Crippen LogP contribution in [0.15, 0.2) is 0 Å². The molecule has 5 nitrogen and oxygen atoms in total. The molecule has 13 heavy (non-hydrogen) atoms. The minimum atomic E-state index is -3.25. The second kappa shape index (κ2) is 5.41. The zero-order valence-electron chi connectivity index (χ0n) is 6.54. The highest BCUT2D eigenvalue weighted by Gasteiger charge is 2.23. The predicted octanol–water partition coefficient (Wildman–Crippen LogP) is -0.797. The third-order valence-corrected chi connectivity index (χ3v) is 1.23. The van der Waals surface area contributed by atoms with Crippen molar-refractivity contribution >= 4 is 11.9 Å². The Bertz CT molecular complexity index is 197. The molecule has 0 bridgehead atoms. The maximum atomic E-state index is 11.6. The van der Waals surface area contributed by atoms with Crippen molar-refractivity contribution < 1.29 is 28.6 Å². The summed E-state index contributed by atoms with van der Waals surface area (Å²) in [6.07, 6.45) is -3.55.